The van der Waals surface area contributed by atoms with Crippen LogP contribution in [0.3, 0.4) is 0 Å². The first-order chi connectivity index (χ1) is 9.01. The number of hydrogen-bond acceptors (Lipinski definition) is 5. The molecule has 0 aromatic heterocycles. The molecule has 3 N–H and O–H groups in total. The third kappa shape index (κ3) is 6.15. The fourth-order valence-corrected chi connectivity index (χ4v) is 2.94. The Balaban J connectivity index is 2.46. The smallest absolute Gasteiger partial charge is 0.279 e. The average Bonchev–Trinajstić information content (AvgIpc) is 3.20. The van der Waals surface area contributed by atoms with Crippen molar-refractivity contribution in [3.8, 4) is 0 Å². The van der Waals surface area contributed by atoms with Crippen molar-refractivity contribution in [1.29, 1.82) is 0 Å². The van der Waals surface area contributed by atoms with E-state index in [1.54, 1.807) is 0 Å². The molecule has 0 saturated heterocycles. The Kier molecular flexibility index (Phi) is 7.19. The quantitative estimate of drug-likeness (QED) is 0.518. The van der Waals surface area contributed by atoms with E-state index in [0.29, 0.717) is 32.2 Å². The maximum Gasteiger partial charge on any atom is 0.279 e. The van der Waals surface area contributed by atoms with E-state index in [-0.39, 0.29) is 12.6 Å². The number of nitrogens with one attached hydrogen (secondary N) is 1. The Morgan fingerprint density at radius 3 is 2.21 bits per heavy atom. The van der Waals surface area contributed by atoms with E-state index in [2.05, 4.69) is 4.72 Å². The van der Waals surface area contributed by atoms with Crippen LogP contribution in [0.25, 0.3) is 0 Å². The van der Waals surface area contributed by atoms with Gasteiger partial charge in [-0.15, -0.1) is 0 Å². The van der Waals surface area contributed by atoms with Gasteiger partial charge in [-0.1, -0.05) is 0 Å². The lowest BCUT2D eigenvalue weighted by Gasteiger charge is -2.23. The molecule has 0 radical (unpaired) electrons. The van der Waals surface area contributed by atoms with E-state index >= 15 is 0 Å². The summed E-state index contributed by atoms with van der Waals surface area (Å²) in [6, 6.07) is -0.0959. The van der Waals surface area contributed by atoms with Gasteiger partial charge in [-0.25, -0.2) is 4.72 Å². The summed E-state index contributed by atoms with van der Waals surface area (Å²) >= 11 is 0. The topological polar surface area (TPSA) is 93.9 Å². The number of nitrogens with two attached hydrogens (primary N) is 1. The second-order valence-corrected chi connectivity index (χ2v) is 6.49. The van der Waals surface area contributed by atoms with Crippen LogP contribution in [0.5, 0.6) is 0 Å². The van der Waals surface area contributed by atoms with Crippen molar-refractivity contribution in [2.75, 3.05) is 47.1 Å². The number of methoxy groups -OCH3 is 2. The third-order valence-corrected chi connectivity index (χ3v) is 4.73. The van der Waals surface area contributed by atoms with Gasteiger partial charge in [-0.05, 0) is 18.8 Å². The lowest BCUT2D eigenvalue weighted by atomic mass is 10.2. The number of hydrogen-bond donors (Lipinski definition) is 2. The summed E-state index contributed by atoms with van der Waals surface area (Å²) in [4.78, 5) is 0. The largest absolute Gasteiger partial charge is 0.383 e. The van der Waals surface area contributed by atoms with Crippen LogP contribution in [0.1, 0.15) is 12.8 Å². The molecule has 0 heterocycles. The molecule has 19 heavy (non-hydrogen) atoms. The zero-order valence-electron chi connectivity index (χ0n) is 11.7. The average molecular weight is 295 g/mol. The Labute approximate surface area is 115 Å². The van der Waals surface area contributed by atoms with E-state index in [1.165, 1.54) is 18.5 Å². The van der Waals surface area contributed by atoms with E-state index in [4.69, 9.17) is 15.2 Å². The van der Waals surface area contributed by atoms with E-state index in [0.717, 1.165) is 12.8 Å². The lowest BCUT2D eigenvalue weighted by Crippen LogP contribution is -2.47. The number of nitrogens with zero attached hydrogens (tertiary/aromatic N) is 1. The van der Waals surface area contributed by atoms with Gasteiger partial charge in [0.1, 0.15) is 0 Å². The first-order valence-electron chi connectivity index (χ1n) is 6.49. The fourth-order valence-electron chi connectivity index (χ4n) is 1.72. The van der Waals surface area contributed by atoms with Crippen molar-refractivity contribution < 1.29 is 17.9 Å². The highest BCUT2D eigenvalue weighted by molar-refractivity contribution is 7.87. The predicted molar refractivity (Wildman–Crippen MR) is 72.9 cm³/mol. The minimum Gasteiger partial charge on any atom is -0.383 e. The SMILES string of the molecule is COCCN(CCOC)S(=O)(=O)NCC(N)C1CC1. The summed E-state index contributed by atoms with van der Waals surface area (Å²) in [6.45, 7) is 1.57. The molecule has 1 aliphatic rings. The van der Waals surface area contributed by atoms with E-state index < -0.39 is 10.2 Å². The summed E-state index contributed by atoms with van der Waals surface area (Å²) < 4.78 is 38.0. The van der Waals surface area contributed by atoms with Crippen LogP contribution < -0.4 is 10.5 Å². The van der Waals surface area contributed by atoms with Gasteiger partial charge in [0.15, 0.2) is 0 Å². The minimum atomic E-state index is -3.52. The molecule has 7 nitrogen and oxygen atoms in total. The normalized spacial score (nSPS) is 17.9. The van der Waals surface area contributed by atoms with Gasteiger partial charge in [0.25, 0.3) is 10.2 Å². The van der Waals surface area contributed by atoms with Crippen molar-refractivity contribution in [3.05, 3.63) is 0 Å². The van der Waals surface area contributed by atoms with Gasteiger partial charge in [-0.3, -0.25) is 0 Å². The van der Waals surface area contributed by atoms with Gasteiger partial charge < -0.3 is 15.2 Å². The Morgan fingerprint density at radius 1 is 1.26 bits per heavy atom. The van der Waals surface area contributed by atoms with Crippen LogP contribution in [0.2, 0.25) is 0 Å². The highest BCUT2D eigenvalue weighted by atomic mass is 32.2. The molecule has 1 fully saturated rings. The van der Waals surface area contributed by atoms with Crippen LogP contribution in [-0.2, 0) is 19.7 Å². The molecule has 0 bridgehead atoms. The molecule has 1 saturated carbocycles. The Hall–Kier alpha value is -0.250. The molecular weight excluding hydrogens is 270 g/mol. The van der Waals surface area contributed by atoms with Crippen LogP contribution in [0.15, 0.2) is 0 Å². The van der Waals surface area contributed by atoms with Crippen molar-refractivity contribution in [2.45, 2.75) is 18.9 Å². The first kappa shape index (κ1) is 16.8. The van der Waals surface area contributed by atoms with Crippen LogP contribution in [0, 0.1) is 5.92 Å². The molecule has 1 rings (SSSR count). The maximum atomic E-state index is 12.1. The standard InChI is InChI=1S/C11H25N3O4S/c1-17-7-5-14(6-8-18-2)19(15,16)13-9-11(12)10-3-4-10/h10-11,13H,3-9,12H2,1-2H3. The molecule has 8 heteroatoms. The van der Waals surface area contributed by atoms with Gasteiger partial charge in [0.05, 0.1) is 13.2 Å². The molecule has 0 aliphatic heterocycles. The monoisotopic (exact) mass is 295 g/mol. The molecule has 1 aliphatic carbocycles. The molecule has 0 amide bonds. The van der Waals surface area contributed by atoms with Gasteiger partial charge >= 0.3 is 0 Å². The Bertz CT molecular complexity index is 338. The summed E-state index contributed by atoms with van der Waals surface area (Å²) in [5, 5.41) is 0. The lowest BCUT2D eigenvalue weighted by molar-refractivity contribution is 0.149. The first-order valence-corrected chi connectivity index (χ1v) is 7.93. The highest BCUT2D eigenvalue weighted by Crippen LogP contribution is 2.31. The van der Waals surface area contributed by atoms with Crippen molar-refractivity contribution in [1.82, 2.24) is 9.03 Å². The van der Waals surface area contributed by atoms with E-state index in [9.17, 15) is 8.42 Å². The molecular formula is C11H25N3O4S. The van der Waals surface area contributed by atoms with Crippen molar-refractivity contribution in [3.63, 3.8) is 0 Å². The summed E-state index contributed by atoms with van der Waals surface area (Å²) in [7, 11) is -0.446. The molecule has 1 atom stereocenters. The zero-order chi connectivity index (χ0) is 14.3. The Morgan fingerprint density at radius 2 is 1.79 bits per heavy atom. The van der Waals surface area contributed by atoms with Gasteiger partial charge in [0, 0.05) is 39.9 Å². The molecule has 0 spiro atoms. The zero-order valence-corrected chi connectivity index (χ0v) is 12.5. The van der Waals surface area contributed by atoms with Crippen molar-refractivity contribution in [2.24, 2.45) is 11.7 Å². The van der Waals surface area contributed by atoms with Gasteiger partial charge in [0.2, 0.25) is 0 Å². The summed E-state index contributed by atoms with van der Waals surface area (Å²) in [5.41, 5.74) is 5.89. The van der Waals surface area contributed by atoms with Crippen molar-refractivity contribution >= 4 is 10.2 Å². The predicted octanol–water partition coefficient (Wildman–Crippen LogP) is -0.847. The highest BCUT2D eigenvalue weighted by Gasteiger charge is 2.30. The summed E-state index contributed by atoms with van der Waals surface area (Å²) in [6.07, 6.45) is 2.19. The molecule has 0 aromatic rings. The second-order valence-electron chi connectivity index (χ2n) is 4.74. The van der Waals surface area contributed by atoms with Gasteiger partial charge in [-0.2, -0.15) is 12.7 Å². The summed E-state index contributed by atoms with van der Waals surface area (Å²) in [5.74, 6) is 0.467. The maximum absolute atomic E-state index is 12.1. The molecule has 114 valence electrons. The molecule has 0 aromatic carbocycles. The number of rotatable bonds is 11. The molecule has 1 unspecified atom stereocenters. The second kappa shape index (κ2) is 8.13. The van der Waals surface area contributed by atoms with Crippen LogP contribution in [0.4, 0.5) is 0 Å². The minimum absolute atomic E-state index is 0.0959. The third-order valence-electron chi connectivity index (χ3n) is 3.16. The fraction of sp³-hybridized carbons (Fsp3) is 1.00. The van der Waals surface area contributed by atoms with Crippen LogP contribution in [-0.4, -0.2) is 65.8 Å². The van der Waals surface area contributed by atoms with E-state index in [1.807, 2.05) is 0 Å². The number of ether oxygens (including phenoxy) is 2. The van der Waals surface area contributed by atoms with Crippen LogP contribution >= 0.6 is 0 Å².